The molecule has 1 saturated heterocycles. The number of hydrogen-bond acceptors (Lipinski definition) is 9. The first-order valence-corrected chi connectivity index (χ1v) is 11.5. The second-order valence-electron chi connectivity index (χ2n) is 9.01. The summed E-state index contributed by atoms with van der Waals surface area (Å²) in [5.74, 6) is -4.33. The van der Waals surface area contributed by atoms with Crippen LogP contribution < -0.4 is 4.90 Å². The Morgan fingerprint density at radius 2 is 1.76 bits per heavy atom. The van der Waals surface area contributed by atoms with E-state index in [2.05, 4.69) is 35.4 Å². The summed E-state index contributed by atoms with van der Waals surface area (Å²) in [5, 5.41) is 25.0. The van der Waals surface area contributed by atoms with Gasteiger partial charge >= 0.3 is 17.8 Å². The number of aliphatic hydroxyl groups is 1. The van der Waals surface area contributed by atoms with Crippen LogP contribution in [0.25, 0.3) is 11.2 Å². The van der Waals surface area contributed by atoms with E-state index in [4.69, 9.17) is 0 Å². The first-order valence-electron chi connectivity index (χ1n) is 11.5. The summed E-state index contributed by atoms with van der Waals surface area (Å²) in [4.78, 5) is 14.7. The molecule has 2 aliphatic heterocycles. The smallest absolute Gasteiger partial charge is 0.391 e. The number of fused-ring (bicyclic) bond motifs is 1. The molecule has 1 aromatic carbocycles. The third-order valence-corrected chi connectivity index (χ3v) is 6.44. The van der Waals surface area contributed by atoms with Gasteiger partial charge in [-0.1, -0.05) is 30.3 Å². The number of aliphatic hydroxyl groups excluding tert-OH is 1. The van der Waals surface area contributed by atoms with E-state index in [0.29, 0.717) is 13.0 Å². The van der Waals surface area contributed by atoms with Gasteiger partial charge in [-0.15, -0.1) is 20.4 Å². The lowest BCUT2D eigenvalue weighted by molar-refractivity contribution is -0.166. The van der Waals surface area contributed by atoms with Crippen molar-refractivity contribution in [3.8, 4) is 0 Å². The molecule has 1 fully saturated rings. The van der Waals surface area contributed by atoms with Crippen LogP contribution in [0.4, 0.5) is 27.8 Å². The van der Waals surface area contributed by atoms with Gasteiger partial charge in [-0.2, -0.15) is 26.7 Å². The van der Waals surface area contributed by atoms with Crippen molar-refractivity contribution in [1.29, 1.82) is 0 Å². The lowest BCUT2D eigenvalue weighted by Gasteiger charge is -2.20. The first kappa shape index (κ1) is 24.2. The molecule has 5 heterocycles. The third-order valence-electron chi connectivity index (χ3n) is 6.44. The van der Waals surface area contributed by atoms with E-state index in [1.165, 1.54) is 42.7 Å². The minimum Gasteiger partial charge on any atom is -0.391 e. The van der Waals surface area contributed by atoms with Crippen LogP contribution in [0.1, 0.15) is 28.9 Å². The van der Waals surface area contributed by atoms with Crippen molar-refractivity contribution in [3.63, 3.8) is 0 Å². The third kappa shape index (κ3) is 3.93. The second kappa shape index (κ2) is 8.44. The van der Waals surface area contributed by atoms with Gasteiger partial charge in [0.1, 0.15) is 0 Å². The molecule has 1 atom stereocenters. The minimum atomic E-state index is -4.75. The Morgan fingerprint density at radius 1 is 1.00 bits per heavy atom. The van der Waals surface area contributed by atoms with Crippen molar-refractivity contribution in [2.75, 3.05) is 18.0 Å². The number of aromatic nitrogens is 6. The van der Waals surface area contributed by atoms with Crippen molar-refractivity contribution < 1.29 is 27.1 Å². The summed E-state index contributed by atoms with van der Waals surface area (Å²) >= 11 is 0. The summed E-state index contributed by atoms with van der Waals surface area (Å²) < 4.78 is 71.8. The van der Waals surface area contributed by atoms with Gasteiger partial charge in [-0.3, -0.25) is 4.98 Å². The summed E-state index contributed by atoms with van der Waals surface area (Å²) in [5.41, 5.74) is -3.24. The quantitative estimate of drug-likeness (QED) is 0.378. The monoisotopic (exact) mass is 531 g/mol. The Kier molecular flexibility index (Phi) is 5.38. The van der Waals surface area contributed by atoms with Gasteiger partial charge in [0.15, 0.2) is 11.3 Å². The van der Waals surface area contributed by atoms with Gasteiger partial charge in [0.2, 0.25) is 11.5 Å². The maximum Gasteiger partial charge on any atom is 0.442 e. The van der Waals surface area contributed by atoms with E-state index < -0.39 is 29.7 Å². The Morgan fingerprint density at radius 3 is 2.42 bits per heavy atom. The molecule has 2 aliphatic rings. The zero-order valence-electron chi connectivity index (χ0n) is 19.4. The molecule has 1 N–H and O–H groups in total. The number of pyridine rings is 1. The highest BCUT2D eigenvalue weighted by Gasteiger charge is 2.65. The fraction of sp³-hybridized carbons (Fsp3) is 0.348. The molecule has 0 amide bonds. The molecular formula is C23H18F5N9O. The van der Waals surface area contributed by atoms with Crippen molar-refractivity contribution in [3.05, 3.63) is 71.3 Å². The molecule has 0 unspecified atom stereocenters. The number of benzene rings is 1. The Hall–Kier alpha value is -4.14. The van der Waals surface area contributed by atoms with Crippen LogP contribution in [0.5, 0.6) is 0 Å². The molecule has 0 aliphatic carbocycles. The maximum absolute atomic E-state index is 15.4. The largest absolute Gasteiger partial charge is 0.442 e. The average Bonchev–Trinajstić information content (AvgIpc) is 3.45. The highest BCUT2D eigenvalue weighted by molar-refractivity contribution is 5.83. The number of alkyl halides is 5. The fourth-order valence-corrected chi connectivity index (χ4v) is 4.45. The zero-order chi connectivity index (χ0) is 26.7. The molecule has 3 aromatic heterocycles. The van der Waals surface area contributed by atoms with Gasteiger partial charge in [0.25, 0.3) is 0 Å². The van der Waals surface area contributed by atoms with Gasteiger partial charge < -0.3 is 10.0 Å². The molecule has 196 valence electrons. The van der Waals surface area contributed by atoms with E-state index in [9.17, 15) is 18.3 Å². The lowest BCUT2D eigenvalue weighted by atomic mass is 9.99. The van der Waals surface area contributed by atoms with E-state index in [1.54, 1.807) is 11.0 Å². The second-order valence-corrected chi connectivity index (χ2v) is 9.01. The highest BCUT2D eigenvalue weighted by atomic mass is 19.4. The average molecular weight is 531 g/mol. The van der Waals surface area contributed by atoms with Crippen LogP contribution in [0.2, 0.25) is 0 Å². The number of β-amino-alcohol motifs (C(OH)–C–C–N with tert-alkyl or cyclic N) is 1. The number of hydrogen-bond donors (Lipinski definition) is 1. The van der Waals surface area contributed by atoms with E-state index in [0.717, 1.165) is 4.80 Å². The van der Waals surface area contributed by atoms with Crippen LogP contribution in [-0.2, 0) is 18.1 Å². The topological polar surface area (TPSA) is 118 Å². The summed E-state index contributed by atoms with van der Waals surface area (Å²) in [6, 6.07) is 8.20. The predicted octanol–water partition coefficient (Wildman–Crippen LogP) is 3.56. The molecule has 38 heavy (non-hydrogen) atoms. The molecule has 15 heteroatoms. The Bertz CT molecular complexity index is 1530. The van der Waals surface area contributed by atoms with Crippen LogP contribution in [0.15, 0.2) is 59.0 Å². The normalized spacial score (nSPS) is 18.9. The summed E-state index contributed by atoms with van der Waals surface area (Å²) in [6.45, 7) is 0.189. The number of rotatable bonds is 6. The van der Waals surface area contributed by atoms with Crippen LogP contribution in [0, 0.1) is 0 Å². The Balaban J connectivity index is 1.44. The Labute approximate surface area is 210 Å². The lowest BCUT2D eigenvalue weighted by Crippen LogP contribution is -2.31. The number of halogens is 5. The molecule has 0 bridgehead atoms. The van der Waals surface area contributed by atoms with Crippen molar-refractivity contribution >= 4 is 17.0 Å². The molecule has 0 spiro atoms. The van der Waals surface area contributed by atoms with Crippen molar-refractivity contribution in [2.45, 2.75) is 36.8 Å². The molecule has 4 aromatic rings. The van der Waals surface area contributed by atoms with E-state index >= 15 is 8.78 Å². The summed E-state index contributed by atoms with van der Waals surface area (Å²) in [7, 11) is 0. The first-order chi connectivity index (χ1) is 18.1. The van der Waals surface area contributed by atoms with Gasteiger partial charge in [-0.25, -0.2) is 9.97 Å². The van der Waals surface area contributed by atoms with Gasteiger partial charge in [0.05, 0.1) is 12.6 Å². The SMILES string of the molecule is O[C@H]1CCN(c2nc(C(F)(F)c3ccccc3)nc3nn(Cc4cnccc4C4(C(F)(F)F)N=N4)nc23)C1. The number of anilines is 1. The zero-order valence-corrected chi connectivity index (χ0v) is 19.4. The van der Waals surface area contributed by atoms with Crippen molar-refractivity contribution in [1.82, 2.24) is 29.9 Å². The molecule has 6 rings (SSSR count). The molecule has 10 nitrogen and oxygen atoms in total. The van der Waals surface area contributed by atoms with E-state index in [-0.39, 0.29) is 46.8 Å². The maximum atomic E-state index is 15.4. The van der Waals surface area contributed by atoms with Gasteiger partial charge in [-0.05, 0) is 12.5 Å². The van der Waals surface area contributed by atoms with Crippen LogP contribution in [-0.4, -0.2) is 60.4 Å². The van der Waals surface area contributed by atoms with Crippen LogP contribution in [0.3, 0.4) is 0 Å². The highest BCUT2D eigenvalue weighted by Crippen LogP contribution is 2.53. The van der Waals surface area contributed by atoms with Gasteiger partial charge in [0, 0.05) is 42.2 Å². The van der Waals surface area contributed by atoms with Crippen molar-refractivity contribution in [2.24, 2.45) is 10.2 Å². The molecular weight excluding hydrogens is 513 g/mol. The minimum absolute atomic E-state index is 0.0498. The fourth-order valence-electron chi connectivity index (χ4n) is 4.45. The van der Waals surface area contributed by atoms with Crippen LogP contribution >= 0.6 is 0 Å². The molecule has 0 radical (unpaired) electrons. The standard InChI is InChI=1S/C23H18F5N9O/c24-21(25,14-4-2-1-3-5-14)20-30-18-17(19(31-20)36-9-7-15(38)12-36)32-37(33-18)11-13-10-29-8-6-16(13)22(34-35-22)23(26,27)28/h1-6,8,10,15,38H,7,9,11-12H2/t15-/m0/s1. The summed E-state index contributed by atoms with van der Waals surface area (Å²) in [6.07, 6.45) is -2.62. The molecule has 0 saturated carbocycles. The predicted molar refractivity (Wildman–Crippen MR) is 121 cm³/mol. The number of nitrogens with zero attached hydrogens (tertiary/aromatic N) is 9. The van der Waals surface area contributed by atoms with E-state index in [1.807, 2.05) is 0 Å².